The molecule has 32 heavy (non-hydrogen) atoms. The van der Waals surface area contributed by atoms with E-state index in [0.29, 0.717) is 18.4 Å². The first-order chi connectivity index (χ1) is 15.5. The van der Waals surface area contributed by atoms with Crippen LogP contribution in [-0.4, -0.2) is 35.5 Å². The van der Waals surface area contributed by atoms with Crippen LogP contribution in [0.15, 0.2) is 48.8 Å². The number of non-ortho nitro benzene ring substituents is 1. The Hall–Kier alpha value is -1.76. The van der Waals surface area contributed by atoms with Crippen LogP contribution in [0.2, 0.25) is 13.3 Å². The van der Waals surface area contributed by atoms with Gasteiger partial charge in [0.1, 0.15) is 0 Å². The summed E-state index contributed by atoms with van der Waals surface area (Å²) in [6.07, 6.45) is 13.3. The fourth-order valence-corrected chi connectivity index (χ4v) is 14.5. The van der Waals surface area contributed by atoms with Crippen LogP contribution < -0.4 is 0 Å². The van der Waals surface area contributed by atoms with E-state index in [0.717, 1.165) is 5.56 Å². The van der Waals surface area contributed by atoms with Gasteiger partial charge in [-0.1, -0.05) is 0 Å². The maximum absolute atomic E-state index is 11.9. The van der Waals surface area contributed by atoms with Crippen molar-refractivity contribution in [1.29, 1.82) is 0 Å². The fraction of sp³-hybridized carbons (Fsp3) is 0.538. The predicted octanol–water partition coefficient (Wildman–Crippen LogP) is 7.42. The van der Waals surface area contributed by atoms with Crippen molar-refractivity contribution in [2.24, 2.45) is 0 Å². The number of carbonyl (C=O) groups is 1. The van der Waals surface area contributed by atoms with Gasteiger partial charge < -0.3 is 0 Å². The molecule has 0 saturated carbocycles. The van der Waals surface area contributed by atoms with E-state index in [9.17, 15) is 14.9 Å². The number of hydrogen-bond donors (Lipinski definition) is 0. The van der Waals surface area contributed by atoms with Gasteiger partial charge in [0.15, 0.2) is 5.78 Å². The number of aryl methyl sites for hydroxylation is 1. The largest absolute Gasteiger partial charge is 0.294 e. The first kappa shape index (κ1) is 28.3. The minimum Gasteiger partial charge on any atom is -0.294 e. The zero-order valence-electron chi connectivity index (χ0n) is 20.1. The number of Topliss-reactive ketones (excluding diaryl/α,β-unsaturated/α-hetero) is 1. The number of nitro benzene ring substituents is 1. The summed E-state index contributed by atoms with van der Waals surface area (Å²) in [4.78, 5) is 25.8. The van der Waals surface area contributed by atoms with Gasteiger partial charge in [-0.05, 0) is 36.2 Å². The van der Waals surface area contributed by atoms with Crippen LogP contribution in [0.4, 0.5) is 5.69 Å². The summed E-state index contributed by atoms with van der Waals surface area (Å²) < 4.78 is 5.08. The molecular formula is C26H40N2O3Sn. The summed E-state index contributed by atoms with van der Waals surface area (Å²) >= 11 is -0.967. The molecule has 0 saturated heterocycles. The molecule has 0 aliphatic heterocycles. The van der Waals surface area contributed by atoms with Gasteiger partial charge in [-0.3, -0.25) is 19.9 Å². The second kappa shape index (κ2) is 17.8. The molecular weight excluding hydrogens is 507 g/mol. The second-order valence-corrected chi connectivity index (χ2v) is 18.3. The summed E-state index contributed by atoms with van der Waals surface area (Å²) in [7, 11) is 0. The van der Waals surface area contributed by atoms with E-state index in [1.165, 1.54) is 62.8 Å². The Kier molecular flexibility index (Phi) is 15.7. The van der Waals surface area contributed by atoms with E-state index in [-0.39, 0.29) is 11.5 Å². The minimum atomic E-state index is -0.967. The van der Waals surface area contributed by atoms with Crippen LogP contribution >= 0.6 is 0 Å². The smallest absolute Gasteiger partial charge is 0.269 e. The van der Waals surface area contributed by atoms with Crippen LogP contribution in [0.1, 0.15) is 81.6 Å². The third-order valence-corrected chi connectivity index (χ3v) is 16.2. The van der Waals surface area contributed by atoms with Crippen LogP contribution in [-0.2, 0) is 6.42 Å². The zero-order valence-corrected chi connectivity index (χ0v) is 23.4. The molecule has 0 atom stereocenters. The fourth-order valence-electron chi connectivity index (χ4n) is 3.63. The standard InChI is InChI=1S/C14H12N2O3.3C4H9.Sn.H/c17-14(6-1-11-7-9-15-10-8-11)12-2-4-13(5-3-12)16(18)19;3*1-3-4-2;;/h2-5,7-10H,1,6H2;3*1,3-4H2,2H3;;. The van der Waals surface area contributed by atoms with Gasteiger partial charge >= 0.3 is 92.4 Å². The minimum absolute atomic E-state index is 0.00863. The van der Waals surface area contributed by atoms with Crippen molar-refractivity contribution in [2.75, 3.05) is 0 Å². The Morgan fingerprint density at radius 3 is 1.81 bits per heavy atom. The van der Waals surface area contributed by atoms with Gasteiger partial charge in [-0.15, -0.1) is 0 Å². The molecule has 176 valence electrons. The second-order valence-electron chi connectivity index (χ2n) is 8.38. The van der Waals surface area contributed by atoms with Crippen molar-refractivity contribution in [2.45, 2.75) is 85.4 Å². The van der Waals surface area contributed by atoms with E-state index in [2.05, 4.69) is 25.8 Å². The number of nitrogens with zero attached hydrogens (tertiary/aromatic N) is 2. The maximum atomic E-state index is 11.9. The summed E-state index contributed by atoms with van der Waals surface area (Å²) in [5.41, 5.74) is 1.54. The van der Waals surface area contributed by atoms with Crippen molar-refractivity contribution < 1.29 is 9.72 Å². The first-order valence-corrected chi connectivity index (χ1v) is 19.2. The molecule has 0 amide bonds. The molecule has 2 aromatic rings. The molecule has 6 heteroatoms. The normalized spacial score (nSPS) is 10.5. The SMILES string of the molecule is CCC[CH2][SnH]([CH2]CCC)[CH2]CCC.O=C(CCc1ccncc1)c1ccc([N+](=O)[O-])cc1. The maximum Gasteiger partial charge on any atom is 0.269 e. The number of hydrogen-bond acceptors (Lipinski definition) is 4. The van der Waals surface area contributed by atoms with Crippen LogP contribution in [0.3, 0.4) is 0 Å². The summed E-state index contributed by atoms with van der Waals surface area (Å²) in [6.45, 7) is 7.01. The Labute approximate surface area is 200 Å². The number of unbranched alkanes of at least 4 members (excludes halogenated alkanes) is 3. The van der Waals surface area contributed by atoms with Crippen LogP contribution in [0, 0.1) is 10.1 Å². The molecule has 0 fully saturated rings. The Morgan fingerprint density at radius 1 is 0.875 bits per heavy atom. The zero-order chi connectivity index (χ0) is 23.6. The molecule has 5 nitrogen and oxygen atoms in total. The van der Waals surface area contributed by atoms with Gasteiger partial charge in [0, 0.05) is 36.5 Å². The molecule has 1 heterocycles. The third kappa shape index (κ3) is 12.3. The number of rotatable bonds is 14. The average molecular weight is 547 g/mol. The van der Waals surface area contributed by atoms with Crippen molar-refractivity contribution in [1.82, 2.24) is 4.98 Å². The monoisotopic (exact) mass is 548 g/mol. The molecule has 2 rings (SSSR count). The summed E-state index contributed by atoms with van der Waals surface area (Å²) in [5.74, 6) is -0.0216. The Morgan fingerprint density at radius 2 is 1.38 bits per heavy atom. The molecule has 0 aliphatic carbocycles. The van der Waals surface area contributed by atoms with E-state index >= 15 is 0 Å². The van der Waals surface area contributed by atoms with Gasteiger partial charge in [-0.25, -0.2) is 0 Å². The van der Waals surface area contributed by atoms with Gasteiger partial charge in [0.05, 0.1) is 4.92 Å². The number of aromatic nitrogens is 1. The average Bonchev–Trinajstić information content (AvgIpc) is 2.83. The van der Waals surface area contributed by atoms with Gasteiger partial charge in [0.25, 0.3) is 5.69 Å². The molecule has 0 radical (unpaired) electrons. The number of carbonyl (C=O) groups excluding carboxylic acids is 1. The summed E-state index contributed by atoms with van der Waals surface area (Å²) in [5, 5.41) is 10.5. The van der Waals surface area contributed by atoms with Crippen molar-refractivity contribution >= 4 is 31.2 Å². The number of nitro groups is 1. The van der Waals surface area contributed by atoms with Gasteiger partial charge in [-0.2, -0.15) is 0 Å². The van der Waals surface area contributed by atoms with E-state index in [1.807, 2.05) is 12.1 Å². The quantitative estimate of drug-likeness (QED) is 0.107. The number of pyridine rings is 1. The van der Waals surface area contributed by atoms with Crippen LogP contribution in [0.5, 0.6) is 0 Å². The molecule has 1 aromatic heterocycles. The van der Waals surface area contributed by atoms with Crippen molar-refractivity contribution in [3.05, 3.63) is 70.0 Å². The molecule has 0 spiro atoms. The molecule has 0 bridgehead atoms. The topological polar surface area (TPSA) is 73.1 Å². The van der Waals surface area contributed by atoms with E-state index in [4.69, 9.17) is 0 Å². The van der Waals surface area contributed by atoms with Crippen molar-refractivity contribution in [3.63, 3.8) is 0 Å². The van der Waals surface area contributed by atoms with E-state index < -0.39 is 24.7 Å². The molecule has 0 aliphatic rings. The molecule has 1 aromatic carbocycles. The van der Waals surface area contributed by atoms with Gasteiger partial charge in [0.2, 0.25) is 0 Å². The predicted molar refractivity (Wildman–Crippen MR) is 136 cm³/mol. The first-order valence-electron chi connectivity index (χ1n) is 12.2. The Balaban J connectivity index is 0.000000347. The number of benzene rings is 1. The Bertz CT molecular complexity index is 747. The molecule has 0 unspecified atom stereocenters. The van der Waals surface area contributed by atoms with E-state index in [1.54, 1.807) is 25.7 Å². The number of ketones is 1. The van der Waals surface area contributed by atoms with Crippen molar-refractivity contribution in [3.8, 4) is 0 Å². The summed E-state index contributed by atoms with van der Waals surface area (Å²) in [6, 6.07) is 9.41. The molecule has 0 N–H and O–H groups in total. The third-order valence-electron chi connectivity index (χ3n) is 5.69. The van der Waals surface area contributed by atoms with Crippen LogP contribution in [0.25, 0.3) is 0 Å².